The van der Waals surface area contributed by atoms with Crippen molar-refractivity contribution in [2.24, 2.45) is 0 Å². The van der Waals surface area contributed by atoms with Crippen LogP contribution in [-0.2, 0) is 6.54 Å². The van der Waals surface area contributed by atoms with E-state index < -0.39 is 0 Å². The molecule has 0 aliphatic carbocycles. The molecular formula is C22H22ClN4+. The first-order valence-electron chi connectivity index (χ1n) is 9.46. The molecule has 0 amide bonds. The zero-order valence-corrected chi connectivity index (χ0v) is 15.9. The zero-order valence-electron chi connectivity index (χ0n) is 15.1. The summed E-state index contributed by atoms with van der Waals surface area (Å²) in [6.45, 7) is 5.37. The SMILES string of the molecule is Clc1cccc(N2CC[NH+](Cc3cnn4c3ccc3ccccc34)CC2)c1. The van der Waals surface area contributed by atoms with E-state index in [1.807, 2.05) is 18.3 Å². The van der Waals surface area contributed by atoms with E-state index in [1.54, 1.807) is 4.90 Å². The number of nitrogens with zero attached hydrogens (tertiary/aromatic N) is 3. The summed E-state index contributed by atoms with van der Waals surface area (Å²) in [6, 6.07) is 21.0. The Labute approximate surface area is 163 Å². The van der Waals surface area contributed by atoms with Gasteiger partial charge in [-0.25, -0.2) is 4.52 Å². The third kappa shape index (κ3) is 3.15. The molecular weight excluding hydrogens is 356 g/mol. The molecule has 1 N–H and O–H groups in total. The van der Waals surface area contributed by atoms with E-state index in [4.69, 9.17) is 11.6 Å². The Morgan fingerprint density at radius 3 is 2.63 bits per heavy atom. The van der Waals surface area contributed by atoms with Gasteiger partial charge in [-0.15, -0.1) is 0 Å². The van der Waals surface area contributed by atoms with Crippen LogP contribution >= 0.6 is 11.6 Å². The largest absolute Gasteiger partial charge is 0.360 e. The summed E-state index contributed by atoms with van der Waals surface area (Å²) in [5.41, 5.74) is 4.94. The molecule has 4 nitrogen and oxygen atoms in total. The van der Waals surface area contributed by atoms with Gasteiger partial charge in [-0.05, 0) is 30.3 Å². The number of benzene rings is 2. The van der Waals surface area contributed by atoms with Gasteiger partial charge in [0, 0.05) is 16.1 Å². The van der Waals surface area contributed by atoms with Gasteiger partial charge in [0.2, 0.25) is 0 Å². The Bertz CT molecular complexity index is 1100. The summed E-state index contributed by atoms with van der Waals surface area (Å²) in [6.07, 6.45) is 2.04. The number of hydrogen-bond acceptors (Lipinski definition) is 2. The number of nitrogens with one attached hydrogen (secondary N) is 1. The average molecular weight is 378 g/mol. The second-order valence-electron chi connectivity index (χ2n) is 7.25. The van der Waals surface area contributed by atoms with E-state index in [0.29, 0.717) is 0 Å². The van der Waals surface area contributed by atoms with Crippen LogP contribution in [0.1, 0.15) is 5.56 Å². The van der Waals surface area contributed by atoms with E-state index in [9.17, 15) is 0 Å². The lowest BCUT2D eigenvalue weighted by atomic mass is 10.1. The van der Waals surface area contributed by atoms with Crippen molar-refractivity contribution in [2.75, 3.05) is 31.1 Å². The van der Waals surface area contributed by atoms with Crippen LogP contribution in [0.5, 0.6) is 0 Å². The van der Waals surface area contributed by atoms with Crippen molar-refractivity contribution in [3.63, 3.8) is 0 Å². The number of piperazine rings is 1. The van der Waals surface area contributed by atoms with Gasteiger partial charge in [0.25, 0.3) is 0 Å². The predicted octanol–water partition coefficient (Wildman–Crippen LogP) is 3.05. The fourth-order valence-electron chi connectivity index (χ4n) is 4.09. The first-order valence-corrected chi connectivity index (χ1v) is 9.84. The number of rotatable bonds is 3. The smallest absolute Gasteiger partial charge is 0.107 e. The normalized spacial score (nSPS) is 15.7. The minimum atomic E-state index is 0.806. The van der Waals surface area contributed by atoms with Gasteiger partial charge in [-0.3, -0.25) is 0 Å². The van der Waals surface area contributed by atoms with Crippen LogP contribution in [0.3, 0.4) is 0 Å². The molecule has 2 aromatic carbocycles. The lowest BCUT2D eigenvalue weighted by Crippen LogP contribution is -3.13. The van der Waals surface area contributed by atoms with Crippen LogP contribution in [0.4, 0.5) is 5.69 Å². The highest BCUT2D eigenvalue weighted by Crippen LogP contribution is 2.20. The maximum Gasteiger partial charge on any atom is 0.107 e. The van der Waals surface area contributed by atoms with Crippen molar-refractivity contribution >= 4 is 33.7 Å². The highest BCUT2D eigenvalue weighted by Gasteiger charge is 2.22. The molecule has 2 aromatic heterocycles. The Balaban J connectivity index is 1.32. The molecule has 0 bridgehead atoms. The molecule has 1 saturated heterocycles. The van der Waals surface area contributed by atoms with Crippen LogP contribution in [0.2, 0.25) is 5.02 Å². The third-order valence-electron chi connectivity index (χ3n) is 5.56. The monoisotopic (exact) mass is 377 g/mol. The van der Waals surface area contributed by atoms with E-state index in [-0.39, 0.29) is 0 Å². The number of quaternary nitrogens is 1. The molecule has 27 heavy (non-hydrogen) atoms. The third-order valence-corrected chi connectivity index (χ3v) is 5.79. The van der Waals surface area contributed by atoms with Gasteiger partial charge in [0.05, 0.1) is 49.0 Å². The van der Waals surface area contributed by atoms with Crippen LogP contribution in [0.25, 0.3) is 16.4 Å². The molecule has 0 spiro atoms. The molecule has 1 aliphatic heterocycles. The van der Waals surface area contributed by atoms with E-state index in [1.165, 1.54) is 27.7 Å². The Morgan fingerprint density at radius 2 is 1.78 bits per heavy atom. The summed E-state index contributed by atoms with van der Waals surface area (Å²) < 4.78 is 2.08. The number of hydrogen-bond donors (Lipinski definition) is 1. The highest BCUT2D eigenvalue weighted by molar-refractivity contribution is 6.30. The molecule has 0 saturated carbocycles. The first-order chi connectivity index (χ1) is 13.3. The summed E-state index contributed by atoms with van der Waals surface area (Å²) >= 11 is 6.14. The van der Waals surface area contributed by atoms with Crippen molar-refractivity contribution in [1.29, 1.82) is 0 Å². The Kier molecular flexibility index (Phi) is 4.23. The summed E-state index contributed by atoms with van der Waals surface area (Å²) in [4.78, 5) is 4.04. The van der Waals surface area contributed by atoms with Crippen LogP contribution < -0.4 is 9.80 Å². The fraction of sp³-hybridized carbons (Fsp3) is 0.227. The molecule has 3 heterocycles. The first kappa shape index (κ1) is 16.6. The number of anilines is 1. The van der Waals surface area contributed by atoms with Crippen LogP contribution in [0.15, 0.2) is 66.9 Å². The second kappa shape index (κ2) is 6.87. The zero-order chi connectivity index (χ0) is 18.2. The maximum atomic E-state index is 6.14. The summed E-state index contributed by atoms with van der Waals surface area (Å²) in [7, 11) is 0. The van der Waals surface area contributed by atoms with E-state index in [0.717, 1.165) is 37.7 Å². The quantitative estimate of drug-likeness (QED) is 0.593. The van der Waals surface area contributed by atoms with E-state index >= 15 is 0 Å². The summed E-state index contributed by atoms with van der Waals surface area (Å²) in [5, 5.41) is 6.69. The predicted molar refractivity (Wildman–Crippen MR) is 111 cm³/mol. The molecule has 0 unspecified atom stereocenters. The fourth-order valence-corrected chi connectivity index (χ4v) is 4.27. The number of fused-ring (bicyclic) bond motifs is 3. The summed E-state index contributed by atoms with van der Waals surface area (Å²) in [5.74, 6) is 0. The number of pyridine rings is 1. The minimum Gasteiger partial charge on any atom is -0.360 e. The average Bonchev–Trinajstić information content (AvgIpc) is 3.12. The van der Waals surface area contributed by atoms with Crippen molar-refractivity contribution in [1.82, 2.24) is 9.61 Å². The standard InChI is InChI=1S/C22H21ClN4/c23-19-5-3-6-20(14-19)26-12-10-25(11-13-26)16-18-15-24-27-21-7-2-1-4-17(21)8-9-22(18)27/h1-9,14-15H,10-13,16H2/p+1. The second-order valence-corrected chi connectivity index (χ2v) is 7.69. The molecule has 4 aromatic rings. The lowest BCUT2D eigenvalue weighted by Gasteiger charge is -2.33. The van der Waals surface area contributed by atoms with Crippen molar-refractivity contribution < 1.29 is 4.90 Å². The van der Waals surface area contributed by atoms with Gasteiger partial charge < -0.3 is 9.80 Å². The molecule has 5 rings (SSSR count). The van der Waals surface area contributed by atoms with Gasteiger partial charge in [-0.2, -0.15) is 5.10 Å². The highest BCUT2D eigenvalue weighted by atomic mass is 35.5. The van der Waals surface area contributed by atoms with Crippen molar-refractivity contribution in [3.05, 3.63) is 77.4 Å². The number of halogens is 1. The molecule has 1 fully saturated rings. The lowest BCUT2D eigenvalue weighted by molar-refractivity contribution is -0.914. The Morgan fingerprint density at radius 1 is 0.926 bits per heavy atom. The van der Waals surface area contributed by atoms with Crippen LogP contribution in [-0.4, -0.2) is 35.8 Å². The number of para-hydroxylation sites is 1. The van der Waals surface area contributed by atoms with Crippen molar-refractivity contribution in [3.8, 4) is 0 Å². The molecule has 0 atom stereocenters. The molecule has 5 heteroatoms. The topological polar surface area (TPSA) is 25.0 Å². The Hall–Kier alpha value is -2.56. The van der Waals surface area contributed by atoms with Gasteiger partial charge >= 0.3 is 0 Å². The maximum absolute atomic E-state index is 6.14. The minimum absolute atomic E-state index is 0.806. The van der Waals surface area contributed by atoms with Gasteiger partial charge in [-0.1, -0.05) is 41.9 Å². The molecule has 0 radical (unpaired) electrons. The molecule has 136 valence electrons. The molecule has 1 aliphatic rings. The van der Waals surface area contributed by atoms with Gasteiger partial charge in [0.15, 0.2) is 0 Å². The number of aromatic nitrogens is 2. The van der Waals surface area contributed by atoms with Crippen LogP contribution in [0, 0.1) is 0 Å². The van der Waals surface area contributed by atoms with Gasteiger partial charge in [0.1, 0.15) is 6.54 Å². The van der Waals surface area contributed by atoms with Crippen molar-refractivity contribution in [2.45, 2.75) is 6.54 Å². The van der Waals surface area contributed by atoms with E-state index in [2.05, 4.69) is 63.0 Å².